The zero-order valence-electron chi connectivity index (χ0n) is 18.0. The van der Waals surface area contributed by atoms with Crippen molar-refractivity contribution >= 4 is 73.1 Å². The molecular formula is C24H22N4O2S3. The van der Waals surface area contributed by atoms with Crippen LogP contribution in [0, 0.1) is 0 Å². The van der Waals surface area contributed by atoms with Gasteiger partial charge >= 0.3 is 0 Å². The van der Waals surface area contributed by atoms with Crippen LogP contribution in [-0.2, 0) is 4.79 Å². The van der Waals surface area contributed by atoms with Crippen molar-refractivity contribution in [3.8, 4) is 5.75 Å². The molecule has 1 aromatic heterocycles. The smallest absolute Gasteiger partial charge is 0.239 e. The summed E-state index contributed by atoms with van der Waals surface area (Å²) in [5.74, 6) is 0.615. The number of para-hydroxylation sites is 3. The maximum absolute atomic E-state index is 12.7. The number of anilines is 3. The van der Waals surface area contributed by atoms with Crippen LogP contribution in [0.1, 0.15) is 6.92 Å². The highest BCUT2D eigenvalue weighted by Gasteiger charge is 2.17. The Bertz CT molecular complexity index is 1260. The monoisotopic (exact) mass is 494 g/mol. The van der Waals surface area contributed by atoms with Gasteiger partial charge in [-0.25, -0.2) is 4.98 Å². The van der Waals surface area contributed by atoms with Gasteiger partial charge in [0, 0.05) is 10.6 Å². The van der Waals surface area contributed by atoms with Gasteiger partial charge in [0.15, 0.2) is 10.2 Å². The molecule has 3 aromatic carbocycles. The molecule has 1 unspecified atom stereocenters. The minimum atomic E-state index is -0.300. The van der Waals surface area contributed by atoms with Crippen LogP contribution in [0.4, 0.5) is 16.5 Å². The number of thiocarbonyl (C=S) groups is 1. The number of ether oxygens (including phenoxy) is 1. The summed E-state index contributed by atoms with van der Waals surface area (Å²) < 4.78 is 6.39. The number of benzene rings is 3. The molecular weight excluding hydrogens is 472 g/mol. The Kier molecular flexibility index (Phi) is 7.43. The van der Waals surface area contributed by atoms with E-state index in [0.717, 1.165) is 26.5 Å². The Hall–Kier alpha value is -3.14. The average molecular weight is 495 g/mol. The van der Waals surface area contributed by atoms with Gasteiger partial charge in [-0.05, 0) is 61.6 Å². The molecule has 0 aliphatic rings. The third kappa shape index (κ3) is 6.01. The van der Waals surface area contributed by atoms with Gasteiger partial charge in [0.2, 0.25) is 5.91 Å². The third-order valence-electron chi connectivity index (χ3n) is 4.65. The highest BCUT2D eigenvalue weighted by Crippen LogP contribution is 2.29. The van der Waals surface area contributed by atoms with Gasteiger partial charge in [0.1, 0.15) is 5.75 Å². The maximum Gasteiger partial charge on any atom is 0.239 e. The highest BCUT2D eigenvalue weighted by molar-refractivity contribution is 8.00. The fraction of sp³-hybridized carbons (Fsp3) is 0.125. The second-order valence-corrected chi connectivity index (χ2v) is 9.90. The number of carbonyl (C=O) groups is 1. The Morgan fingerprint density at radius 2 is 1.82 bits per heavy atom. The molecule has 33 heavy (non-hydrogen) atoms. The molecule has 0 saturated carbocycles. The van der Waals surface area contributed by atoms with Gasteiger partial charge in [-0.3, -0.25) is 4.79 Å². The topological polar surface area (TPSA) is 75.3 Å². The lowest BCUT2D eigenvalue weighted by atomic mass is 10.3. The van der Waals surface area contributed by atoms with E-state index in [9.17, 15) is 4.79 Å². The number of amides is 1. The van der Waals surface area contributed by atoms with E-state index in [2.05, 4.69) is 20.9 Å². The fourth-order valence-corrected chi connectivity index (χ4v) is 5.09. The predicted octanol–water partition coefficient (Wildman–Crippen LogP) is 6.23. The highest BCUT2D eigenvalue weighted by atomic mass is 32.2. The van der Waals surface area contributed by atoms with Crippen molar-refractivity contribution in [1.82, 2.24) is 4.98 Å². The van der Waals surface area contributed by atoms with Crippen molar-refractivity contribution in [2.45, 2.75) is 17.1 Å². The molecule has 4 rings (SSSR count). The van der Waals surface area contributed by atoms with Gasteiger partial charge in [0.05, 0.1) is 28.3 Å². The van der Waals surface area contributed by atoms with E-state index in [0.29, 0.717) is 16.0 Å². The van der Waals surface area contributed by atoms with Gasteiger partial charge in [0.25, 0.3) is 0 Å². The molecule has 0 spiro atoms. The molecule has 0 fully saturated rings. The lowest BCUT2D eigenvalue weighted by Crippen LogP contribution is -2.22. The first-order chi connectivity index (χ1) is 16.0. The van der Waals surface area contributed by atoms with Crippen LogP contribution in [0.25, 0.3) is 10.2 Å². The lowest BCUT2D eigenvalue weighted by molar-refractivity contribution is -0.115. The van der Waals surface area contributed by atoms with Crippen molar-refractivity contribution < 1.29 is 9.53 Å². The van der Waals surface area contributed by atoms with E-state index < -0.39 is 0 Å². The predicted molar refractivity (Wildman–Crippen MR) is 143 cm³/mol. The van der Waals surface area contributed by atoms with Crippen LogP contribution in [0.15, 0.2) is 77.7 Å². The molecule has 1 atom stereocenters. The summed E-state index contributed by atoms with van der Waals surface area (Å²) in [7, 11) is 1.62. The largest absolute Gasteiger partial charge is 0.495 e. The number of nitrogens with one attached hydrogen (secondary N) is 3. The van der Waals surface area contributed by atoms with Gasteiger partial charge in [-0.15, -0.1) is 11.8 Å². The van der Waals surface area contributed by atoms with E-state index in [1.165, 1.54) is 23.1 Å². The number of fused-ring (bicyclic) bond motifs is 1. The molecule has 1 heterocycles. The Morgan fingerprint density at radius 1 is 1.03 bits per heavy atom. The van der Waals surface area contributed by atoms with E-state index in [1.807, 2.05) is 79.7 Å². The molecule has 0 aliphatic carbocycles. The van der Waals surface area contributed by atoms with Crippen LogP contribution in [0.2, 0.25) is 0 Å². The minimum absolute atomic E-state index is 0.0919. The standard InChI is InChI=1S/C24H22N4O2S3/c1-15(22(29)28-24-27-19-11-4-6-13-21(19)33-24)32-17-9-7-8-16(14-17)25-23(31)26-18-10-3-5-12-20(18)30-2/h3-15H,1-2H3,(H2,25,26,31)(H,27,28,29). The number of hydrogen-bond donors (Lipinski definition) is 3. The summed E-state index contributed by atoms with van der Waals surface area (Å²) >= 11 is 8.38. The molecule has 0 aliphatic heterocycles. The van der Waals surface area contributed by atoms with Crippen molar-refractivity contribution in [2.75, 3.05) is 23.1 Å². The van der Waals surface area contributed by atoms with E-state index in [-0.39, 0.29) is 11.2 Å². The fourth-order valence-electron chi connectivity index (χ4n) is 3.07. The summed E-state index contributed by atoms with van der Waals surface area (Å²) in [5, 5.41) is 10.0. The Labute approximate surface area is 205 Å². The minimum Gasteiger partial charge on any atom is -0.495 e. The van der Waals surface area contributed by atoms with Crippen LogP contribution in [0.3, 0.4) is 0 Å². The molecule has 6 nitrogen and oxygen atoms in total. The number of rotatable bonds is 7. The first-order valence-electron chi connectivity index (χ1n) is 10.2. The number of carbonyl (C=O) groups excluding carboxylic acids is 1. The van der Waals surface area contributed by atoms with Crippen molar-refractivity contribution in [3.05, 3.63) is 72.8 Å². The van der Waals surface area contributed by atoms with Gasteiger partial charge in [-0.2, -0.15) is 0 Å². The number of thiazole rings is 1. The number of hydrogen-bond acceptors (Lipinski definition) is 6. The zero-order chi connectivity index (χ0) is 23.2. The maximum atomic E-state index is 12.7. The lowest BCUT2D eigenvalue weighted by Gasteiger charge is -2.14. The number of methoxy groups -OCH3 is 1. The second-order valence-electron chi connectivity index (χ2n) is 7.04. The number of thioether (sulfide) groups is 1. The zero-order valence-corrected chi connectivity index (χ0v) is 20.4. The summed E-state index contributed by atoms with van der Waals surface area (Å²) in [6, 6.07) is 23.2. The first kappa shape index (κ1) is 23.0. The third-order valence-corrected chi connectivity index (χ3v) is 6.90. The van der Waals surface area contributed by atoms with Crippen LogP contribution in [-0.4, -0.2) is 28.4 Å². The van der Waals surface area contributed by atoms with Crippen LogP contribution in [0.5, 0.6) is 5.75 Å². The molecule has 9 heteroatoms. The van der Waals surface area contributed by atoms with E-state index >= 15 is 0 Å². The molecule has 4 aromatic rings. The Morgan fingerprint density at radius 3 is 2.64 bits per heavy atom. The van der Waals surface area contributed by atoms with Crippen molar-refractivity contribution in [1.29, 1.82) is 0 Å². The van der Waals surface area contributed by atoms with Crippen LogP contribution >= 0.6 is 35.3 Å². The number of aromatic nitrogens is 1. The van der Waals surface area contributed by atoms with Gasteiger partial charge in [-0.1, -0.05) is 41.7 Å². The summed E-state index contributed by atoms with van der Waals surface area (Å²) in [5.41, 5.74) is 2.49. The SMILES string of the molecule is COc1ccccc1NC(=S)Nc1cccc(SC(C)C(=O)Nc2nc3ccccc3s2)c1. The van der Waals surface area contributed by atoms with Crippen LogP contribution < -0.4 is 20.7 Å². The van der Waals surface area contributed by atoms with Gasteiger partial charge < -0.3 is 20.7 Å². The molecule has 1 amide bonds. The summed E-state index contributed by atoms with van der Waals surface area (Å²) in [6.07, 6.45) is 0. The molecule has 0 saturated heterocycles. The molecule has 168 valence electrons. The molecule has 0 bridgehead atoms. The molecule has 3 N–H and O–H groups in total. The van der Waals surface area contributed by atoms with E-state index in [4.69, 9.17) is 17.0 Å². The average Bonchev–Trinajstić information content (AvgIpc) is 3.22. The van der Waals surface area contributed by atoms with E-state index in [1.54, 1.807) is 7.11 Å². The summed E-state index contributed by atoms with van der Waals surface area (Å²) in [6.45, 7) is 1.88. The Balaban J connectivity index is 1.35. The number of nitrogens with zero attached hydrogens (tertiary/aromatic N) is 1. The molecule has 0 radical (unpaired) electrons. The second kappa shape index (κ2) is 10.7. The quantitative estimate of drug-likeness (QED) is 0.208. The van der Waals surface area contributed by atoms with Crippen molar-refractivity contribution in [2.24, 2.45) is 0 Å². The van der Waals surface area contributed by atoms with Crippen molar-refractivity contribution in [3.63, 3.8) is 0 Å². The normalized spacial score (nSPS) is 11.6. The summed E-state index contributed by atoms with van der Waals surface area (Å²) in [4.78, 5) is 18.1. The first-order valence-corrected chi connectivity index (χ1v) is 12.3.